The van der Waals surface area contributed by atoms with E-state index < -0.39 is 6.29 Å². The zero-order valence-electron chi connectivity index (χ0n) is 12.8. The molecular weight excluding hydrogens is 280 g/mol. The summed E-state index contributed by atoms with van der Waals surface area (Å²) in [5, 5.41) is 0. The Kier molecular flexibility index (Phi) is 6.13. The van der Waals surface area contributed by atoms with Crippen molar-refractivity contribution in [2.24, 2.45) is 0 Å². The van der Waals surface area contributed by atoms with E-state index in [0.717, 1.165) is 11.3 Å². The molecule has 0 aliphatic heterocycles. The predicted octanol–water partition coefficient (Wildman–Crippen LogP) is 3.11. The van der Waals surface area contributed by atoms with Crippen LogP contribution in [0.15, 0.2) is 54.6 Å². The second-order valence-electron chi connectivity index (χ2n) is 4.82. The molecule has 1 atom stereocenters. The molecule has 0 aromatic heterocycles. The first-order chi connectivity index (χ1) is 10.7. The fourth-order valence-corrected chi connectivity index (χ4v) is 2.05. The Labute approximate surface area is 130 Å². The minimum Gasteiger partial charge on any atom is -0.497 e. The third kappa shape index (κ3) is 4.69. The van der Waals surface area contributed by atoms with Crippen LogP contribution in [0.1, 0.15) is 15.9 Å². The second-order valence-corrected chi connectivity index (χ2v) is 4.82. The van der Waals surface area contributed by atoms with E-state index >= 15 is 0 Å². The van der Waals surface area contributed by atoms with Crippen LogP contribution in [-0.4, -0.2) is 32.9 Å². The van der Waals surface area contributed by atoms with Crippen LogP contribution >= 0.6 is 0 Å². The van der Waals surface area contributed by atoms with Gasteiger partial charge in [0.15, 0.2) is 12.1 Å². The predicted molar refractivity (Wildman–Crippen MR) is 84.2 cm³/mol. The molecule has 0 bridgehead atoms. The third-order valence-electron chi connectivity index (χ3n) is 3.32. The highest BCUT2D eigenvalue weighted by molar-refractivity contribution is 5.97. The summed E-state index contributed by atoms with van der Waals surface area (Å²) in [7, 11) is 3.16. The largest absolute Gasteiger partial charge is 0.497 e. The van der Waals surface area contributed by atoms with E-state index in [2.05, 4.69) is 0 Å². The van der Waals surface area contributed by atoms with Crippen molar-refractivity contribution in [3.05, 3.63) is 65.7 Å². The number of methoxy groups -OCH3 is 2. The molecule has 0 saturated carbocycles. The topological polar surface area (TPSA) is 44.8 Å². The Morgan fingerprint density at radius 2 is 1.68 bits per heavy atom. The van der Waals surface area contributed by atoms with Gasteiger partial charge >= 0.3 is 0 Å². The summed E-state index contributed by atoms with van der Waals surface area (Å²) in [6.07, 6.45) is 0.164. The molecule has 0 spiro atoms. The number of rotatable bonds is 8. The fraction of sp³-hybridized carbons (Fsp3) is 0.278. The van der Waals surface area contributed by atoms with Gasteiger partial charge in [-0.1, -0.05) is 30.3 Å². The Morgan fingerprint density at radius 1 is 1.00 bits per heavy atom. The first kappa shape index (κ1) is 16.2. The lowest BCUT2D eigenvalue weighted by Crippen LogP contribution is -2.22. The minimum absolute atomic E-state index is 0.0162. The second kappa shape index (κ2) is 8.32. The maximum Gasteiger partial charge on any atom is 0.188 e. The van der Waals surface area contributed by atoms with Crippen LogP contribution in [-0.2, 0) is 15.9 Å². The third-order valence-corrected chi connectivity index (χ3v) is 3.32. The Bertz CT molecular complexity index is 578. The highest BCUT2D eigenvalue weighted by atomic mass is 16.7. The Morgan fingerprint density at radius 3 is 2.27 bits per heavy atom. The lowest BCUT2D eigenvalue weighted by molar-refractivity contribution is -0.114. The number of carbonyl (C=O) groups excluding carboxylic acids is 1. The van der Waals surface area contributed by atoms with Crippen molar-refractivity contribution < 1.29 is 19.0 Å². The van der Waals surface area contributed by atoms with Crippen LogP contribution in [0.3, 0.4) is 0 Å². The monoisotopic (exact) mass is 300 g/mol. The Balaban J connectivity index is 1.87. The molecule has 2 aromatic rings. The molecule has 0 saturated heterocycles. The number of ketones is 1. The van der Waals surface area contributed by atoms with Crippen molar-refractivity contribution >= 4 is 5.78 Å². The van der Waals surface area contributed by atoms with Gasteiger partial charge in [0.2, 0.25) is 0 Å². The molecule has 0 aliphatic rings. The van der Waals surface area contributed by atoms with E-state index in [4.69, 9.17) is 14.2 Å². The average Bonchev–Trinajstić information content (AvgIpc) is 2.59. The highest BCUT2D eigenvalue weighted by Gasteiger charge is 2.13. The van der Waals surface area contributed by atoms with Gasteiger partial charge in [-0.2, -0.15) is 0 Å². The van der Waals surface area contributed by atoms with Gasteiger partial charge < -0.3 is 14.2 Å². The van der Waals surface area contributed by atoms with E-state index in [1.54, 1.807) is 38.5 Å². The highest BCUT2D eigenvalue weighted by Crippen LogP contribution is 2.13. The summed E-state index contributed by atoms with van der Waals surface area (Å²) < 4.78 is 15.9. The minimum atomic E-state index is -0.440. The molecule has 0 heterocycles. The lowest BCUT2D eigenvalue weighted by Gasteiger charge is -2.16. The van der Waals surface area contributed by atoms with E-state index in [0.29, 0.717) is 12.0 Å². The number of hydrogen-bond acceptors (Lipinski definition) is 4. The molecular formula is C18H20O4. The Hall–Kier alpha value is -2.17. The number of carbonyl (C=O) groups is 1. The normalized spacial score (nSPS) is 11.9. The quantitative estimate of drug-likeness (QED) is 0.555. The molecule has 0 fully saturated rings. The zero-order chi connectivity index (χ0) is 15.8. The summed E-state index contributed by atoms with van der Waals surface area (Å²) >= 11 is 0. The number of benzene rings is 2. The molecule has 2 rings (SSSR count). The van der Waals surface area contributed by atoms with Crippen molar-refractivity contribution in [3.8, 4) is 5.75 Å². The summed E-state index contributed by atoms with van der Waals surface area (Å²) in [6.45, 7) is -0.0162. The van der Waals surface area contributed by atoms with Gasteiger partial charge in [0, 0.05) is 19.1 Å². The first-order valence-electron chi connectivity index (χ1n) is 7.08. The van der Waals surface area contributed by atoms with E-state index in [-0.39, 0.29) is 12.4 Å². The molecule has 0 N–H and O–H groups in total. The average molecular weight is 300 g/mol. The van der Waals surface area contributed by atoms with Gasteiger partial charge in [0.05, 0.1) is 7.11 Å². The van der Waals surface area contributed by atoms with Gasteiger partial charge in [-0.05, 0) is 29.8 Å². The molecule has 116 valence electrons. The van der Waals surface area contributed by atoms with Gasteiger partial charge in [-0.3, -0.25) is 4.79 Å². The molecule has 4 heteroatoms. The molecule has 2 aromatic carbocycles. The van der Waals surface area contributed by atoms with E-state index in [1.165, 1.54) is 0 Å². The standard InChI is InChI=1S/C18H20O4/c1-20-16-10-8-15(9-11-16)17(19)13-22-18(21-2)12-14-6-4-3-5-7-14/h3-11,18H,12-13H2,1-2H3. The van der Waals surface area contributed by atoms with Gasteiger partial charge in [0.25, 0.3) is 0 Å². The van der Waals surface area contributed by atoms with Crippen LogP contribution in [0.25, 0.3) is 0 Å². The maximum absolute atomic E-state index is 12.1. The van der Waals surface area contributed by atoms with Gasteiger partial charge in [0.1, 0.15) is 12.4 Å². The van der Waals surface area contributed by atoms with Crippen LogP contribution in [0.5, 0.6) is 5.75 Å². The lowest BCUT2D eigenvalue weighted by atomic mass is 10.1. The molecule has 1 unspecified atom stereocenters. The molecule has 4 nitrogen and oxygen atoms in total. The van der Waals surface area contributed by atoms with Crippen LogP contribution in [0.2, 0.25) is 0 Å². The maximum atomic E-state index is 12.1. The summed E-state index contributed by atoms with van der Waals surface area (Å²) in [5.41, 5.74) is 1.70. The number of hydrogen-bond donors (Lipinski definition) is 0. The van der Waals surface area contributed by atoms with Crippen LogP contribution < -0.4 is 4.74 Å². The van der Waals surface area contributed by atoms with E-state index in [1.807, 2.05) is 30.3 Å². The van der Waals surface area contributed by atoms with Crippen LogP contribution in [0.4, 0.5) is 0 Å². The molecule has 0 aliphatic carbocycles. The number of ether oxygens (including phenoxy) is 3. The van der Waals surface area contributed by atoms with Crippen LogP contribution in [0, 0.1) is 0 Å². The van der Waals surface area contributed by atoms with Crippen molar-refractivity contribution in [2.75, 3.05) is 20.8 Å². The molecule has 22 heavy (non-hydrogen) atoms. The van der Waals surface area contributed by atoms with Crippen molar-refractivity contribution in [1.82, 2.24) is 0 Å². The summed E-state index contributed by atoms with van der Waals surface area (Å²) in [5.74, 6) is 0.633. The van der Waals surface area contributed by atoms with Gasteiger partial charge in [-0.25, -0.2) is 0 Å². The van der Waals surface area contributed by atoms with Gasteiger partial charge in [-0.15, -0.1) is 0 Å². The SMILES string of the molecule is COc1ccc(C(=O)COC(Cc2ccccc2)OC)cc1. The summed E-state index contributed by atoms with van der Waals surface area (Å²) in [4.78, 5) is 12.1. The van der Waals surface area contributed by atoms with Crippen molar-refractivity contribution in [2.45, 2.75) is 12.7 Å². The first-order valence-corrected chi connectivity index (χ1v) is 7.08. The van der Waals surface area contributed by atoms with E-state index in [9.17, 15) is 4.79 Å². The smallest absolute Gasteiger partial charge is 0.188 e. The molecule has 0 amide bonds. The zero-order valence-corrected chi connectivity index (χ0v) is 12.8. The summed E-state index contributed by atoms with van der Waals surface area (Å²) in [6, 6.07) is 16.8. The fourth-order valence-electron chi connectivity index (χ4n) is 2.05. The molecule has 0 radical (unpaired) electrons. The number of Topliss-reactive ketones (excluding diaryl/α,β-unsaturated/α-hetero) is 1. The van der Waals surface area contributed by atoms with Crippen molar-refractivity contribution in [1.29, 1.82) is 0 Å². The van der Waals surface area contributed by atoms with Crippen molar-refractivity contribution in [3.63, 3.8) is 0 Å².